The summed E-state index contributed by atoms with van der Waals surface area (Å²) in [5.41, 5.74) is -0.251. The second-order valence-electron chi connectivity index (χ2n) is 4.39. The lowest BCUT2D eigenvalue weighted by molar-refractivity contribution is -0.137. The van der Waals surface area contributed by atoms with E-state index in [4.69, 9.17) is 20.8 Å². The Morgan fingerprint density at radius 3 is 2.73 bits per heavy atom. The first-order chi connectivity index (χ1) is 10.4. The second kappa shape index (κ2) is 5.17. The van der Waals surface area contributed by atoms with Gasteiger partial charge in [-0.1, -0.05) is 11.6 Å². The van der Waals surface area contributed by atoms with Crippen molar-refractivity contribution in [3.8, 4) is 17.2 Å². The normalized spacial score (nSPS) is 11.9. The van der Waals surface area contributed by atoms with E-state index >= 15 is 0 Å². The number of methoxy groups -OCH3 is 1. The Morgan fingerprint density at radius 2 is 2.05 bits per heavy atom. The minimum absolute atomic E-state index is 0.0607. The fourth-order valence-corrected chi connectivity index (χ4v) is 2.26. The minimum Gasteiger partial charge on any atom is -0.494 e. The van der Waals surface area contributed by atoms with Gasteiger partial charge in [-0.2, -0.15) is 13.2 Å². The molecule has 22 heavy (non-hydrogen) atoms. The maximum Gasteiger partial charge on any atom is 0.417 e. The smallest absolute Gasteiger partial charge is 0.417 e. The molecule has 0 bridgehead atoms. The molecule has 0 unspecified atom stereocenters. The van der Waals surface area contributed by atoms with E-state index in [1.54, 1.807) is 6.07 Å². The average molecular weight is 329 g/mol. The Bertz CT molecular complexity index is 846. The number of fused-ring (bicyclic) bond motifs is 1. The van der Waals surface area contributed by atoms with Crippen molar-refractivity contribution in [2.75, 3.05) is 7.11 Å². The molecule has 0 radical (unpaired) electrons. The Balaban J connectivity index is 2.18. The molecule has 1 aromatic carbocycles. The fourth-order valence-electron chi connectivity index (χ4n) is 2.00. The van der Waals surface area contributed by atoms with Crippen LogP contribution < -0.4 is 4.74 Å². The number of aromatic nitrogens is 2. The van der Waals surface area contributed by atoms with Gasteiger partial charge >= 0.3 is 6.18 Å². The number of alkyl halides is 3. The summed E-state index contributed by atoms with van der Waals surface area (Å²) in [6, 6.07) is 3.55. The molecule has 2 aromatic heterocycles. The molecule has 0 amide bonds. The first-order valence-corrected chi connectivity index (χ1v) is 6.43. The zero-order valence-electron chi connectivity index (χ0n) is 11.1. The van der Waals surface area contributed by atoms with Gasteiger partial charge in [0.2, 0.25) is 5.89 Å². The van der Waals surface area contributed by atoms with Crippen LogP contribution in [0.15, 0.2) is 35.0 Å². The SMILES string of the molecule is COc1cnccc1-c1nc2cc(C(F)(F)F)c(Cl)cc2o1. The van der Waals surface area contributed by atoms with Crippen molar-refractivity contribution in [2.24, 2.45) is 0 Å². The fraction of sp³-hybridized carbons (Fsp3) is 0.143. The van der Waals surface area contributed by atoms with Crippen molar-refractivity contribution < 1.29 is 22.3 Å². The topological polar surface area (TPSA) is 48.2 Å². The molecule has 2 heterocycles. The highest BCUT2D eigenvalue weighted by atomic mass is 35.5. The molecule has 0 aliphatic carbocycles. The summed E-state index contributed by atoms with van der Waals surface area (Å²) in [4.78, 5) is 7.97. The van der Waals surface area contributed by atoms with Crippen molar-refractivity contribution in [3.63, 3.8) is 0 Å². The maximum absolute atomic E-state index is 12.9. The summed E-state index contributed by atoms with van der Waals surface area (Å²) in [6.45, 7) is 0. The molecule has 0 saturated carbocycles. The molecule has 0 fully saturated rings. The number of pyridine rings is 1. The van der Waals surface area contributed by atoms with Crippen LogP contribution in [0.3, 0.4) is 0 Å². The van der Waals surface area contributed by atoms with Crippen LogP contribution in [0.25, 0.3) is 22.6 Å². The van der Waals surface area contributed by atoms with Crippen LogP contribution in [-0.4, -0.2) is 17.1 Å². The molecular formula is C14H8ClF3N2O2. The summed E-state index contributed by atoms with van der Waals surface area (Å²) in [7, 11) is 1.45. The summed E-state index contributed by atoms with van der Waals surface area (Å²) in [5.74, 6) is 0.529. The van der Waals surface area contributed by atoms with Crippen LogP contribution in [0.4, 0.5) is 13.2 Å². The van der Waals surface area contributed by atoms with E-state index in [0.29, 0.717) is 11.3 Å². The number of ether oxygens (including phenoxy) is 1. The number of halogens is 4. The maximum atomic E-state index is 12.9. The number of hydrogen-bond acceptors (Lipinski definition) is 4. The lowest BCUT2D eigenvalue weighted by Gasteiger charge is -2.07. The molecule has 4 nitrogen and oxygen atoms in total. The number of benzene rings is 1. The zero-order chi connectivity index (χ0) is 15.9. The molecule has 0 N–H and O–H groups in total. The number of nitrogens with zero attached hydrogens (tertiary/aromatic N) is 2. The Kier molecular flexibility index (Phi) is 3.44. The largest absolute Gasteiger partial charge is 0.494 e. The van der Waals surface area contributed by atoms with E-state index in [1.165, 1.54) is 19.5 Å². The molecule has 0 aliphatic heterocycles. The van der Waals surface area contributed by atoms with Gasteiger partial charge in [-0.05, 0) is 12.1 Å². The van der Waals surface area contributed by atoms with E-state index in [1.807, 2.05) is 0 Å². The third-order valence-electron chi connectivity index (χ3n) is 3.02. The van der Waals surface area contributed by atoms with Crippen LogP contribution in [0.5, 0.6) is 5.75 Å². The van der Waals surface area contributed by atoms with Gasteiger partial charge in [-0.15, -0.1) is 0 Å². The Hall–Kier alpha value is -2.28. The zero-order valence-corrected chi connectivity index (χ0v) is 11.9. The molecule has 0 spiro atoms. The van der Waals surface area contributed by atoms with Crippen molar-refractivity contribution in [2.45, 2.75) is 6.18 Å². The van der Waals surface area contributed by atoms with Crippen molar-refractivity contribution in [1.82, 2.24) is 9.97 Å². The van der Waals surface area contributed by atoms with Gasteiger partial charge in [0.15, 0.2) is 5.58 Å². The molecule has 114 valence electrons. The standard InChI is InChI=1S/C14H8ClF3N2O2/c1-21-12-6-19-3-2-7(12)13-20-10-4-8(14(16,17)18)9(15)5-11(10)22-13/h2-6H,1H3. The third kappa shape index (κ3) is 2.48. The Morgan fingerprint density at radius 1 is 1.27 bits per heavy atom. The van der Waals surface area contributed by atoms with Crippen LogP contribution >= 0.6 is 11.6 Å². The quantitative estimate of drug-likeness (QED) is 0.691. The minimum atomic E-state index is -4.56. The third-order valence-corrected chi connectivity index (χ3v) is 3.33. The molecule has 0 saturated heterocycles. The van der Waals surface area contributed by atoms with Gasteiger partial charge in [0.25, 0.3) is 0 Å². The summed E-state index contributed by atoms with van der Waals surface area (Å²) < 4.78 is 49.2. The highest BCUT2D eigenvalue weighted by molar-refractivity contribution is 6.32. The lowest BCUT2D eigenvalue weighted by Crippen LogP contribution is -2.05. The van der Waals surface area contributed by atoms with E-state index in [9.17, 15) is 13.2 Å². The molecule has 3 rings (SSSR count). The number of oxazole rings is 1. The molecular weight excluding hydrogens is 321 g/mol. The highest BCUT2D eigenvalue weighted by Crippen LogP contribution is 2.38. The Labute approximate surface area is 127 Å². The molecule has 0 aliphatic rings. The molecule has 3 aromatic rings. The van der Waals surface area contributed by atoms with Crippen molar-refractivity contribution in [3.05, 3.63) is 41.2 Å². The van der Waals surface area contributed by atoms with Crippen molar-refractivity contribution in [1.29, 1.82) is 0 Å². The molecule has 8 heteroatoms. The lowest BCUT2D eigenvalue weighted by atomic mass is 10.2. The van der Waals surface area contributed by atoms with Gasteiger partial charge < -0.3 is 9.15 Å². The summed E-state index contributed by atoms with van der Waals surface area (Å²) in [5, 5.41) is -0.440. The van der Waals surface area contributed by atoms with Crippen LogP contribution in [0.2, 0.25) is 5.02 Å². The van der Waals surface area contributed by atoms with E-state index in [-0.39, 0.29) is 17.0 Å². The highest BCUT2D eigenvalue weighted by Gasteiger charge is 2.34. The number of hydrogen-bond donors (Lipinski definition) is 0. The van der Waals surface area contributed by atoms with Crippen LogP contribution in [-0.2, 0) is 6.18 Å². The average Bonchev–Trinajstić information content (AvgIpc) is 2.87. The van der Waals surface area contributed by atoms with Gasteiger partial charge in [0.05, 0.1) is 29.5 Å². The van der Waals surface area contributed by atoms with Gasteiger partial charge in [-0.3, -0.25) is 4.98 Å². The first-order valence-electron chi connectivity index (χ1n) is 6.06. The summed E-state index contributed by atoms with van der Waals surface area (Å²) in [6.07, 6.45) is -1.60. The van der Waals surface area contributed by atoms with Crippen LogP contribution in [0, 0.1) is 0 Å². The second-order valence-corrected chi connectivity index (χ2v) is 4.80. The first kappa shape index (κ1) is 14.6. The monoisotopic (exact) mass is 328 g/mol. The predicted octanol–water partition coefficient (Wildman–Crippen LogP) is 4.57. The van der Waals surface area contributed by atoms with E-state index in [2.05, 4.69) is 9.97 Å². The van der Waals surface area contributed by atoms with E-state index in [0.717, 1.165) is 12.1 Å². The van der Waals surface area contributed by atoms with Gasteiger partial charge in [0.1, 0.15) is 11.3 Å². The number of rotatable bonds is 2. The van der Waals surface area contributed by atoms with Crippen molar-refractivity contribution >= 4 is 22.7 Å². The van der Waals surface area contributed by atoms with E-state index < -0.39 is 16.8 Å². The van der Waals surface area contributed by atoms with Crippen LogP contribution in [0.1, 0.15) is 5.56 Å². The predicted molar refractivity (Wildman–Crippen MR) is 73.8 cm³/mol. The summed E-state index contributed by atoms with van der Waals surface area (Å²) >= 11 is 5.66. The van der Waals surface area contributed by atoms with Gasteiger partial charge in [-0.25, -0.2) is 4.98 Å². The molecule has 0 atom stereocenters. The van der Waals surface area contributed by atoms with Gasteiger partial charge in [0, 0.05) is 12.3 Å².